The number of hydrogen-bond donors (Lipinski definition) is 1. The van der Waals surface area contributed by atoms with E-state index in [0.29, 0.717) is 11.6 Å². The van der Waals surface area contributed by atoms with Crippen LogP contribution in [0.5, 0.6) is 11.6 Å². The van der Waals surface area contributed by atoms with Crippen LogP contribution in [0.15, 0.2) is 42.9 Å². The molecule has 1 N–H and O–H groups in total. The highest BCUT2D eigenvalue weighted by molar-refractivity contribution is 5.81. The predicted octanol–water partition coefficient (Wildman–Crippen LogP) is 3.79. The smallest absolute Gasteiger partial charge is 0.407 e. The second-order valence-electron chi connectivity index (χ2n) is 7.04. The molecule has 0 bridgehead atoms. The normalized spacial score (nSPS) is 11.4. The van der Waals surface area contributed by atoms with Gasteiger partial charge in [0, 0.05) is 18.8 Å². The summed E-state index contributed by atoms with van der Waals surface area (Å²) in [6, 6.07) is 9.25. The molecule has 7 heteroatoms. The highest BCUT2D eigenvalue weighted by Gasteiger charge is 2.14. The average Bonchev–Trinajstić information content (AvgIpc) is 2.95. The van der Waals surface area contributed by atoms with Crippen molar-refractivity contribution >= 4 is 17.1 Å². The van der Waals surface area contributed by atoms with Crippen molar-refractivity contribution in [1.82, 2.24) is 19.9 Å². The molecule has 3 aromatic rings. The second-order valence-corrected chi connectivity index (χ2v) is 7.04. The molecule has 7 nitrogen and oxygen atoms in total. The van der Waals surface area contributed by atoms with Gasteiger partial charge in [0.25, 0.3) is 0 Å². The van der Waals surface area contributed by atoms with Crippen LogP contribution in [0.25, 0.3) is 11.0 Å². The number of amides is 1. The first-order chi connectivity index (χ1) is 12.3. The number of aryl methyl sites for hydroxylation is 1. The minimum Gasteiger partial charge on any atom is -0.445 e. The van der Waals surface area contributed by atoms with Crippen LogP contribution >= 0.6 is 0 Å². The highest BCUT2D eigenvalue weighted by Crippen LogP contribution is 2.27. The predicted molar refractivity (Wildman–Crippen MR) is 98.1 cm³/mol. The number of nitrogens with one attached hydrogen (secondary N) is 1. The number of rotatable bonds is 4. The van der Waals surface area contributed by atoms with E-state index in [1.165, 1.54) is 6.33 Å². The number of fused-ring (bicyclic) bond motifs is 1. The van der Waals surface area contributed by atoms with E-state index in [1.54, 1.807) is 0 Å². The fourth-order valence-electron chi connectivity index (χ4n) is 2.39. The van der Waals surface area contributed by atoms with E-state index in [4.69, 9.17) is 9.47 Å². The lowest BCUT2D eigenvalue weighted by atomic mass is 10.1. The van der Waals surface area contributed by atoms with Crippen LogP contribution in [0.1, 0.15) is 26.3 Å². The molecular weight excluding hydrogens is 332 g/mol. The summed E-state index contributed by atoms with van der Waals surface area (Å²) in [7, 11) is 1.92. The van der Waals surface area contributed by atoms with Crippen molar-refractivity contribution in [1.29, 1.82) is 0 Å². The molecule has 0 aliphatic rings. The van der Waals surface area contributed by atoms with Crippen LogP contribution < -0.4 is 10.1 Å². The molecule has 0 radical (unpaired) electrons. The van der Waals surface area contributed by atoms with Crippen molar-refractivity contribution in [2.75, 3.05) is 0 Å². The lowest BCUT2D eigenvalue weighted by Crippen LogP contribution is -2.40. The van der Waals surface area contributed by atoms with E-state index in [9.17, 15) is 4.79 Å². The van der Waals surface area contributed by atoms with Crippen molar-refractivity contribution < 1.29 is 14.3 Å². The van der Waals surface area contributed by atoms with Gasteiger partial charge in [0.1, 0.15) is 24.3 Å². The van der Waals surface area contributed by atoms with Gasteiger partial charge in [0.15, 0.2) is 0 Å². The summed E-state index contributed by atoms with van der Waals surface area (Å²) in [6.07, 6.45) is 2.95. The molecular formula is C19H22N4O3. The first-order valence-electron chi connectivity index (χ1n) is 8.29. The van der Waals surface area contributed by atoms with E-state index < -0.39 is 6.09 Å². The van der Waals surface area contributed by atoms with Gasteiger partial charge in [-0.25, -0.2) is 14.8 Å². The van der Waals surface area contributed by atoms with Crippen LogP contribution in [0.2, 0.25) is 0 Å². The van der Waals surface area contributed by atoms with E-state index >= 15 is 0 Å². The summed E-state index contributed by atoms with van der Waals surface area (Å²) in [6.45, 7) is 5.89. The number of nitrogens with zero attached hydrogens (tertiary/aromatic N) is 3. The van der Waals surface area contributed by atoms with Gasteiger partial charge in [-0.15, -0.1) is 0 Å². The Balaban J connectivity index is 1.63. The Labute approximate surface area is 152 Å². The van der Waals surface area contributed by atoms with E-state index in [0.717, 1.165) is 16.6 Å². The number of alkyl carbamates (subject to hydrolysis) is 1. The largest absolute Gasteiger partial charge is 0.445 e. The molecule has 3 rings (SSSR count). The Hall–Kier alpha value is -3.09. The number of carbonyl (C=O) groups excluding carboxylic acids is 1. The number of aromatic nitrogens is 3. The topological polar surface area (TPSA) is 78.3 Å². The lowest BCUT2D eigenvalue weighted by Gasteiger charge is -2.19. The first-order valence-corrected chi connectivity index (χ1v) is 8.29. The second kappa shape index (κ2) is 7.03. The number of benzene rings is 1. The molecule has 1 amide bonds. The minimum atomic E-state index is -0.440. The van der Waals surface area contributed by atoms with Gasteiger partial charge in [0.05, 0.1) is 5.39 Å². The average molecular weight is 354 g/mol. The van der Waals surface area contributed by atoms with Gasteiger partial charge >= 0.3 is 6.09 Å². The Morgan fingerprint density at radius 3 is 2.58 bits per heavy atom. The summed E-state index contributed by atoms with van der Waals surface area (Å²) >= 11 is 0. The van der Waals surface area contributed by atoms with Gasteiger partial charge in [0.2, 0.25) is 5.88 Å². The van der Waals surface area contributed by atoms with E-state index in [2.05, 4.69) is 15.3 Å². The SMILES string of the molecule is Cn1ccc2c(Oc3ccc(COC(=O)NC(C)(C)C)cc3)ncnc21. The van der Waals surface area contributed by atoms with Crippen molar-refractivity contribution in [2.24, 2.45) is 7.05 Å². The van der Waals surface area contributed by atoms with E-state index in [-0.39, 0.29) is 12.1 Å². The Kier molecular flexibility index (Phi) is 4.79. The lowest BCUT2D eigenvalue weighted by molar-refractivity contribution is 0.131. The molecule has 0 spiro atoms. The van der Waals surface area contributed by atoms with Gasteiger partial charge in [-0.3, -0.25) is 0 Å². The third-order valence-corrected chi connectivity index (χ3v) is 3.61. The zero-order valence-electron chi connectivity index (χ0n) is 15.3. The van der Waals surface area contributed by atoms with Crippen LogP contribution in [-0.2, 0) is 18.4 Å². The van der Waals surface area contributed by atoms with Gasteiger partial charge < -0.3 is 19.4 Å². The molecule has 0 unspecified atom stereocenters. The first kappa shape index (κ1) is 17.7. The van der Waals surface area contributed by atoms with Crippen LogP contribution in [0, 0.1) is 0 Å². The summed E-state index contributed by atoms with van der Waals surface area (Å²) in [5, 5.41) is 3.60. The van der Waals surface area contributed by atoms with Gasteiger partial charge in [-0.1, -0.05) is 12.1 Å². The van der Waals surface area contributed by atoms with E-state index in [1.807, 2.05) is 68.9 Å². The minimum absolute atomic E-state index is 0.193. The highest BCUT2D eigenvalue weighted by atomic mass is 16.5. The molecule has 0 fully saturated rings. The van der Waals surface area contributed by atoms with Crippen molar-refractivity contribution in [2.45, 2.75) is 32.9 Å². The maximum atomic E-state index is 11.7. The molecule has 0 saturated carbocycles. The molecule has 0 saturated heterocycles. The Morgan fingerprint density at radius 1 is 1.15 bits per heavy atom. The molecule has 136 valence electrons. The monoisotopic (exact) mass is 354 g/mol. The zero-order chi connectivity index (χ0) is 18.7. The summed E-state index contributed by atoms with van der Waals surface area (Å²) < 4.78 is 13.0. The van der Waals surface area contributed by atoms with Crippen LogP contribution in [0.4, 0.5) is 4.79 Å². The number of carbonyl (C=O) groups is 1. The maximum absolute atomic E-state index is 11.7. The summed E-state index contributed by atoms with van der Waals surface area (Å²) in [5.41, 5.74) is 1.36. The van der Waals surface area contributed by atoms with Crippen LogP contribution in [0.3, 0.4) is 0 Å². The summed E-state index contributed by atoms with van der Waals surface area (Å²) in [5.74, 6) is 1.15. The van der Waals surface area contributed by atoms with Crippen molar-refractivity contribution in [3.05, 3.63) is 48.4 Å². The zero-order valence-corrected chi connectivity index (χ0v) is 15.3. The Morgan fingerprint density at radius 2 is 1.88 bits per heavy atom. The molecule has 1 aromatic carbocycles. The molecule has 0 atom stereocenters. The van der Waals surface area contributed by atoms with Gasteiger partial charge in [-0.05, 0) is 44.5 Å². The molecule has 0 aliphatic carbocycles. The number of hydrogen-bond acceptors (Lipinski definition) is 5. The van der Waals surface area contributed by atoms with Crippen LogP contribution in [-0.4, -0.2) is 26.2 Å². The third kappa shape index (κ3) is 4.30. The quantitative estimate of drug-likeness (QED) is 0.771. The fourth-order valence-corrected chi connectivity index (χ4v) is 2.39. The third-order valence-electron chi connectivity index (χ3n) is 3.61. The molecule has 26 heavy (non-hydrogen) atoms. The van der Waals surface area contributed by atoms with Crippen molar-refractivity contribution in [3.63, 3.8) is 0 Å². The van der Waals surface area contributed by atoms with Crippen molar-refractivity contribution in [3.8, 4) is 11.6 Å². The Bertz CT molecular complexity index is 911. The molecule has 0 aliphatic heterocycles. The molecule has 2 heterocycles. The maximum Gasteiger partial charge on any atom is 0.407 e. The summed E-state index contributed by atoms with van der Waals surface area (Å²) in [4.78, 5) is 20.1. The van der Waals surface area contributed by atoms with Gasteiger partial charge in [-0.2, -0.15) is 0 Å². The standard InChI is InChI=1S/C19H22N4O3/c1-19(2,3)22-18(24)25-11-13-5-7-14(8-6-13)26-17-15-9-10-23(4)16(15)20-12-21-17/h5-10,12H,11H2,1-4H3,(H,22,24). The number of ether oxygens (including phenoxy) is 2. The molecule has 2 aromatic heterocycles. The fraction of sp³-hybridized carbons (Fsp3) is 0.316.